The summed E-state index contributed by atoms with van der Waals surface area (Å²) in [5.74, 6) is -1.23. The second-order valence-electron chi connectivity index (χ2n) is 5.07. The van der Waals surface area contributed by atoms with E-state index in [-0.39, 0.29) is 17.7 Å². The number of amides is 1. The highest BCUT2D eigenvalue weighted by molar-refractivity contribution is 6.19. The number of halogens is 1. The van der Waals surface area contributed by atoms with E-state index >= 15 is 0 Å². The molecule has 1 aliphatic rings. The zero-order valence-electron chi connectivity index (χ0n) is 11.2. The number of carbonyl (C=O) groups is 2. The topological polar surface area (TPSA) is 57.6 Å². The molecule has 0 aliphatic carbocycles. The van der Waals surface area contributed by atoms with Gasteiger partial charge >= 0.3 is 5.97 Å². The van der Waals surface area contributed by atoms with Gasteiger partial charge in [0.15, 0.2) is 0 Å². The molecule has 1 aromatic rings. The Bertz CT molecular complexity index is 477. The highest BCUT2D eigenvalue weighted by atomic mass is 35.5. The van der Waals surface area contributed by atoms with Gasteiger partial charge in [-0.1, -0.05) is 30.3 Å². The fourth-order valence-corrected chi connectivity index (χ4v) is 2.87. The molecule has 1 aromatic carbocycles. The summed E-state index contributed by atoms with van der Waals surface area (Å²) >= 11 is 5.92. The van der Waals surface area contributed by atoms with Crippen LogP contribution in [0.3, 0.4) is 0 Å². The van der Waals surface area contributed by atoms with Crippen molar-refractivity contribution in [1.82, 2.24) is 4.90 Å². The number of carboxylic acids is 1. The number of carbonyl (C=O) groups excluding carboxylic acids is 1. The molecule has 0 bridgehead atoms. The smallest absolute Gasteiger partial charge is 0.326 e. The summed E-state index contributed by atoms with van der Waals surface area (Å²) in [5, 5.41) is 9.15. The zero-order valence-corrected chi connectivity index (χ0v) is 11.9. The predicted molar refractivity (Wildman–Crippen MR) is 76.7 cm³/mol. The van der Waals surface area contributed by atoms with Crippen molar-refractivity contribution in [3.8, 4) is 0 Å². The minimum Gasteiger partial charge on any atom is -0.480 e. The van der Waals surface area contributed by atoms with Crippen LogP contribution >= 0.6 is 11.6 Å². The van der Waals surface area contributed by atoms with Crippen LogP contribution in [0.5, 0.6) is 0 Å². The largest absolute Gasteiger partial charge is 0.480 e. The van der Waals surface area contributed by atoms with Gasteiger partial charge in [0.2, 0.25) is 5.91 Å². The standard InChI is InChI=1S/C15H18ClNO3/c16-10-12(9-11-5-2-1-3-6-11)14(18)17-8-4-7-13(17)15(19)20/h1-3,5-6,12-13H,4,7-10H2,(H,19,20)/t12?,13-/m1/s1. The van der Waals surface area contributed by atoms with E-state index in [2.05, 4.69) is 0 Å². The Kier molecular flexibility index (Phi) is 5.01. The lowest BCUT2D eigenvalue weighted by atomic mass is 9.99. The minimum atomic E-state index is -0.927. The Labute approximate surface area is 123 Å². The predicted octanol–water partition coefficient (Wildman–Crippen LogP) is 2.16. The fraction of sp³-hybridized carbons (Fsp3) is 0.467. The van der Waals surface area contributed by atoms with E-state index in [1.54, 1.807) is 0 Å². The number of aliphatic carboxylic acids is 1. The first-order valence-corrected chi connectivity index (χ1v) is 7.30. The maximum absolute atomic E-state index is 12.5. The molecule has 1 unspecified atom stereocenters. The minimum absolute atomic E-state index is 0.145. The maximum Gasteiger partial charge on any atom is 0.326 e. The zero-order chi connectivity index (χ0) is 14.5. The summed E-state index contributed by atoms with van der Waals surface area (Å²) in [6, 6.07) is 8.96. The van der Waals surface area contributed by atoms with E-state index in [1.165, 1.54) is 4.90 Å². The van der Waals surface area contributed by atoms with Crippen LogP contribution in [0.2, 0.25) is 0 Å². The number of alkyl halides is 1. The van der Waals surface area contributed by atoms with Crippen molar-refractivity contribution in [2.45, 2.75) is 25.3 Å². The molecule has 5 heteroatoms. The third kappa shape index (κ3) is 3.31. The quantitative estimate of drug-likeness (QED) is 0.847. The van der Waals surface area contributed by atoms with Gasteiger partial charge in [-0.3, -0.25) is 4.79 Å². The van der Waals surface area contributed by atoms with Gasteiger partial charge in [-0.05, 0) is 24.8 Å². The molecule has 0 spiro atoms. The van der Waals surface area contributed by atoms with Crippen molar-refractivity contribution < 1.29 is 14.7 Å². The van der Waals surface area contributed by atoms with Crippen LogP contribution in [-0.4, -0.2) is 40.3 Å². The molecular formula is C15H18ClNO3. The molecule has 2 rings (SSSR count). The first-order chi connectivity index (χ1) is 9.63. The van der Waals surface area contributed by atoms with Gasteiger partial charge < -0.3 is 10.0 Å². The second-order valence-corrected chi connectivity index (χ2v) is 5.38. The average molecular weight is 296 g/mol. The highest BCUT2D eigenvalue weighted by Gasteiger charge is 2.36. The van der Waals surface area contributed by atoms with Crippen LogP contribution < -0.4 is 0 Å². The summed E-state index contributed by atoms with van der Waals surface area (Å²) in [6.45, 7) is 0.512. The molecule has 1 saturated heterocycles. The molecular weight excluding hydrogens is 278 g/mol. The number of nitrogens with zero attached hydrogens (tertiary/aromatic N) is 1. The normalized spacial score (nSPS) is 19.9. The van der Waals surface area contributed by atoms with E-state index in [4.69, 9.17) is 16.7 Å². The highest BCUT2D eigenvalue weighted by Crippen LogP contribution is 2.22. The van der Waals surface area contributed by atoms with Crippen LogP contribution in [0.1, 0.15) is 18.4 Å². The van der Waals surface area contributed by atoms with Crippen molar-refractivity contribution in [1.29, 1.82) is 0 Å². The van der Waals surface area contributed by atoms with E-state index in [1.807, 2.05) is 30.3 Å². The average Bonchev–Trinajstić information content (AvgIpc) is 2.94. The monoisotopic (exact) mass is 295 g/mol. The van der Waals surface area contributed by atoms with Gasteiger partial charge in [-0.15, -0.1) is 11.6 Å². The van der Waals surface area contributed by atoms with Gasteiger partial charge in [0.25, 0.3) is 0 Å². The van der Waals surface area contributed by atoms with Crippen LogP contribution in [0.15, 0.2) is 30.3 Å². The van der Waals surface area contributed by atoms with Gasteiger partial charge in [-0.2, -0.15) is 0 Å². The molecule has 1 fully saturated rings. The Morgan fingerprint density at radius 3 is 2.65 bits per heavy atom. The number of carboxylic acid groups (broad SMARTS) is 1. The lowest BCUT2D eigenvalue weighted by Crippen LogP contribution is -2.44. The third-order valence-corrected chi connectivity index (χ3v) is 4.05. The van der Waals surface area contributed by atoms with Crippen molar-refractivity contribution in [3.63, 3.8) is 0 Å². The SMILES string of the molecule is O=C(O)[C@H]1CCCN1C(=O)C(CCl)Cc1ccccc1. The van der Waals surface area contributed by atoms with E-state index in [0.29, 0.717) is 19.4 Å². The first kappa shape index (κ1) is 14.9. The molecule has 108 valence electrons. The summed E-state index contributed by atoms with van der Waals surface area (Å²) in [5.41, 5.74) is 1.04. The molecule has 1 amide bonds. The van der Waals surface area contributed by atoms with E-state index in [9.17, 15) is 9.59 Å². The van der Waals surface area contributed by atoms with Crippen molar-refractivity contribution in [2.24, 2.45) is 5.92 Å². The van der Waals surface area contributed by atoms with Crippen LogP contribution in [0, 0.1) is 5.92 Å². The summed E-state index contributed by atoms with van der Waals surface area (Å²) in [6.07, 6.45) is 1.82. The molecule has 0 saturated carbocycles. The Morgan fingerprint density at radius 1 is 1.35 bits per heavy atom. The van der Waals surface area contributed by atoms with Gasteiger partial charge in [-0.25, -0.2) is 4.79 Å². The lowest BCUT2D eigenvalue weighted by molar-refractivity contribution is -0.149. The summed E-state index contributed by atoms with van der Waals surface area (Å²) in [4.78, 5) is 25.1. The molecule has 1 aliphatic heterocycles. The Morgan fingerprint density at radius 2 is 2.05 bits per heavy atom. The van der Waals surface area contributed by atoms with Crippen LogP contribution in [-0.2, 0) is 16.0 Å². The van der Waals surface area contributed by atoms with Gasteiger partial charge in [0.1, 0.15) is 6.04 Å². The number of benzene rings is 1. The van der Waals surface area contributed by atoms with E-state index < -0.39 is 12.0 Å². The first-order valence-electron chi connectivity index (χ1n) is 6.76. The Balaban J connectivity index is 2.07. The van der Waals surface area contributed by atoms with Crippen molar-refractivity contribution >= 4 is 23.5 Å². The summed E-state index contributed by atoms with van der Waals surface area (Å²) in [7, 11) is 0. The molecule has 1 heterocycles. The molecule has 20 heavy (non-hydrogen) atoms. The molecule has 0 aromatic heterocycles. The summed E-state index contributed by atoms with van der Waals surface area (Å²) < 4.78 is 0. The molecule has 1 N–H and O–H groups in total. The fourth-order valence-electron chi connectivity index (χ4n) is 2.63. The van der Waals surface area contributed by atoms with Crippen molar-refractivity contribution in [3.05, 3.63) is 35.9 Å². The number of hydrogen-bond donors (Lipinski definition) is 1. The van der Waals surface area contributed by atoms with Crippen LogP contribution in [0.25, 0.3) is 0 Å². The lowest BCUT2D eigenvalue weighted by Gasteiger charge is -2.25. The van der Waals surface area contributed by atoms with Crippen LogP contribution in [0.4, 0.5) is 0 Å². The maximum atomic E-state index is 12.5. The molecule has 4 nitrogen and oxygen atoms in total. The number of likely N-dealkylation sites (tertiary alicyclic amines) is 1. The second kappa shape index (κ2) is 6.75. The van der Waals surface area contributed by atoms with Gasteiger partial charge in [0, 0.05) is 12.4 Å². The molecule has 0 radical (unpaired) electrons. The third-order valence-electron chi connectivity index (χ3n) is 3.68. The van der Waals surface area contributed by atoms with Crippen molar-refractivity contribution in [2.75, 3.05) is 12.4 Å². The Hall–Kier alpha value is -1.55. The van der Waals surface area contributed by atoms with E-state index in [0.717, 1.165) is 12.0 Å². The van der Waals surface area contributed by atoms with Gasteiger partial charge in [0.05, 0.1) is 5.92 Å². The number of hydrogen-bond acceptors (Lipinski definition) is 2. The number of rotatable bonds is 5. The molecule has 2 atom stereocenters.